The number of hydrogen-bond acceptors (Lipinski definition) is 1. The summed E-state index contributed by atoms with van der Waals surface area (Å²) in [4.78, 5) is 0. The van der Waals surface area contributed by atoms with E-state index in [0.29, 0.717) is 12.2 Å². The zero-order valence-corrected chi connectivity index (χ0v) is 8.11. The Kier molecular flexibility index (Phi) is 3.20. The van der Waals surface area contributed by atoms with Gasteiger partial charge in [0.05, 0.1) is 12.2 Å². The molecule has 1 nitrogen and oxygen atoms in total. The summed E-state index contributed by atoms with van der Waals surface area (Å²) in [6.07, 6.45) is 17.6. The van der Waals surface area contributed by atoms with Gasteiger partial charge in [-0.1, -0.05) is 24.3 Å². The van der Waals surface area contributed by atoms with Crippen LogP contribution in [0.2, 0.25) is 0 Å². The Bertz CT molecular complexity index is 183. The molecule has 72 valence electrons. The van der Waals surface area contributed by atoms with Crippen molar-refractivity contribution in [3.8, 4) is 0 Å². The molecule has 1 aliphatic heterocycles. The van der Waals surface area contributed by atoms with Crippen LogP contribution in [0.1, 0.15) is 38.5 Å². The van der Waals surface area contributed by atoms with Crippen LogP contribution >= 0.6 is 0 Å². The fraction of sp³-hybridized carbons (Fsp3) is 0.667. The number of rotatable bonds is 0. The molecule has 1 heterocycles. The predicted molar refractivity (Wildman–Crippen MR) is 54.6 cm³/mol. The Morgan fingerprint density at radius 1 is 0.692 bits per heavy atom. The maximum atomic E-state index is 5.56. The highest BCUT2D eigenvalue weighted by atomic mass is 16.6. The second kappa shape index (κ2) is 4.61. The Labute approximate surface area is 80.5 Å². The van der Waals surface area contributed by atoms with Crippen molar-refractivity contribution in [3.63, 3.8) is 0 Å². The molecule has 0 saturated carbocycles. The third-order valence-electron chi connectivity index (χ3n) is 2.76. The van der Waals surface area contributed by atoms with Crippen molar-refractivity contribution in [1.29, 1.82) is 0 Å². The lowest BCUT2D eigenvalue weighted by atomic mass is 10.1. The first-order chi connectivity index (χ1) is 6.47. The van der Waals surface area contributed by atoms with Gasteiger partial charge < -0.3 is 4.74 Å². The molecule has 1 heteroatoms. The zero-order valence-electron chi connectivity index (χ0n) is 8.11. The smallest absolute Gasteiger partial charge is 0.0845 e. The minimum absolute atomic E-state index is 0.581. The summed E-state index contributed by atoms with van der Waals surface area (Å²) in [6.45, 7) is 0. The van der Waals surface area contributed by atoms with Crippen LogP contribution in [0.4, 0.5) is 0 Å². The van der Waals surface area contributed by atoms with E-state index in [-0.39, 0.29) is 0 Å². The Morgan fingerprint density at radius 3 is 1.69 bits per heavy atom. The van der Waals surface area contributed by atoms with E-state index in [1.54, 1.807) is 0 Å². The van der Waals surface area contributed by atoms with Crippen LogP contribution in [0.3, 0.4) is 0 Å². The van der Waals surface area contributed by atoms with Gasteiger partial charge in [-0.25, -0.2) is 0 Å². The summed E-state index contributed by atoms with van der Waals surface area (Å²) in [5.74, 6) is 0. The van der Waals surface area contributed by atoms with Gasteiger partial charge in [-0.3, -0.25) is 0 Å². The van der Waals surface area contributed by atoms with Crippen LogP contribution in [0.15, 0.2) is 24.3 Å². The number of ether oxygens (including phenoxy) is 1. The van der Waals surface area contributed by atoms with Crippen LogP contribution in [0, 0.1) is 0 Å². The molecule has 2 rings (SSSR count). The van der Waals surface area contributed by atoms with Gasteiger partial charge in [0.2, 0.25) is 0 Å². The molecule has 1 saturated heterocycles. The van der Waals surface area contributed by atoms with Gasteiger partial charge in [-0.05, 0) is 38.5 Å². The lowest BCUT2D eigenvalue weighted by molar-refractivity contribution is 0.357. The van der Waals surface area contributed by atoms with E-state index < -0.39 is 0 Å². The lowest BCUT2D eigenvalue weighted by Crippen LogP contribution is -1.93. The fourth-order valence-electron chi connectivity index (χ4n) is 1.87. The van der Waals surface area contributed by atoms with E-state index >= 15 is 0 Å². The summed E-state index contributed by atoms with van der Waals surface area (Å²) < 4.78 is 5.56. The van der Waals surface area contributed by atoms with Crippen molar-refractivity contribution in [3.05, 3.63) is 24.3 Å². The minimum Gasteiger partial charge on any atom is -0.370 e. The molecule has 0 spiro atoms. The topological polar surface area (TPSA) is 12.5 Å². The van der Waals surface area contributed by atoms with E-state index in [1.165, 1.54) is 38.5 Å². The van der Waals surface area contributed by atoms with Crippen LogP contribution in [-0.2, 0) is 4.74 Å². The van der Waals surface area contributed by atoms with Gasteiger partial charge in [0.1, 0.15) is 0 Å². The van der Waals surface area contributed by atoms with Crippen molar-refractivity contribution >= 4 is 0 Å². The van der Waals surface area contributed by atoms with E-state index in [9.17, 15) is 0 Å². The molecule has 0 N–H and O–H groups in total. The Hall–Kier alpha value is -0.560. The lowest BCUT2D eigenvalue weighted by Gasteiger charge is -1.94. The van der Waals surface area contributed by atoms with Crippen LogP contribution < -0.4 is 0 Å². The first-order valence-corrected chi connectivity index (χ1v) is 5.42. The molecular formula is C12H18O. The molecule has 0 aromatic rings. The highest BCUT2D eigenvalue weighted by Crippen LogP contribution is 2.30. The van der Waals surface area contributed by atoms with E-state index in [2.05, 4.69) is 24.3 Å². The summed E-state index contributed by atoms with van der Waals surface area (Å²) in [6, 6.07) is 0. The summed E-state index contributed by atoms with van der Waals surface area (Å²) in [5, 5.41) is 0. The van der Waals surface area contributed by atoms with E-state index in [4.69, 9.17) is 4.74 Å². The third-order valence-corrected chi connectivity index (χ3v) is 2.76. The first-order valence-electron chi connectivity index (χ1n) is 5.42. The van der Waals surface area contributed by atoms with Crippen LogP contribution in [-0.4, -0.2) is 12.2 Å². The maximum Gasteiger partial charge on any atom is 0.0845 e. The minimum atomic E-state index is 0.581. The monoisotopic (exact) mass is 178 g/mol. The molecular weight excluding hydrogens is 160 g/mol. The standard InChI is InChI=1S/C12H18O/c1-2-4-6-8-10-12-11(13-12)9-7-5-3-1/h3-6,11-12H,1-2,7-10H2/b5-3-,6-4?. The van der Waals surface area contributed by atoms with Crippen molar-refractivity contribution in [2.24, 2.45) is 0 Å². The number of epoxide rings is 1. The van der Waals surface area contributed by atoms with Crippen molar-refractivity contribution < 1.29 is 4.74 Å². The second-order valence-electron chi connectivity index (χ2n) is 3.89. The number of allylic oxidation sites excluding steroid dienone is 4. The van der Waals surface area contributed by atoms with Crippen LogP contribution in [0.5, 0.6) is 0 Å². The van der Waals surface area contributed by atoms with Gasteiger partial charge in [0.15, 0.2) is 0 Å². The molecule has 2 atom stereocenters. The molecule has 0 aromatic heterocycles. The summed E-state index contributed by atoms with van der Waals surface area (Å²) in [5.41, 5.74) is 0. The molecule has 0 amide bonds. The summed E-state index contributed by atoms with van der Waals surface area (Å²) in [7, 11) is 0. The molecule has 0 radical (unpaired) electrons. The van der Waals surface area contributed by atoms with Crippen molar-refractivity contribution in [1.82, 2.24) is 0 Å². The zero-order chi connectivity index (χ0) is 8.93. The molecule has 13 heavy (non-hydrogen) atoms. The maximum absolute atomic E-state index is 5.56. The molecule has 2 unspecified atom stereocenters. The highest BCUT2D eigenvalue weighted by molar-refractivity contribution is 4.94. The van der Waals surface area contributed by atoms with Crippen LogP contribution in [0.25, 0.3) is 0 Å². The largest absolute Gasteiger partial charge is 0.370 e. The quantitative estimate of drug-likeness (QED) is 0.410. The normalized spacial score (nSPS) is 36.9. The molecule has 2 aliphatic rings. The van der Waals surface area contributed by atoms with E-state index in [0.717, 1.165) is 0 Å². The number of fused-ring (bicyclic) bond motifs is 1. The average molecular weight is 178 g/mol. The number of hydrogen-bond donors (Lipinski definition) is 0. The third kappa shape index (κ3) is 3.00. The molecule has 1 fully saturated rings. The predicted octanol–water partition coefficient (Wildman–Crippen LogP) is 3.22. The molecule has 0 aromatic carbocycles. The van der Waals surface area contributed by atoms with E-state index in [1.807, 2.05) is 0 Å². The molecule has 0 bridgehead atoms. The Morgan fingerprint density at radius 2 is 1.15 bits per heavy atom. The first kappa shape index (κ1) is 9.01. The van der Waals surface area contributed by atoms with Crippen molar-refractivity contribution in [2.45, 2.75) is 50.7 Å². The Balaban J connectivity index is 1.80. The average Bonchev–Trinajstić information content (AvgIpc) is 2.83. The van der Waals surface area contributed by atoms with Gasteiger partial charge >= 0.3 is 0 Å². The van der Waals surface area contributed by atoms with Gasteiger partial charge in [-0.2, -0.15) is 0 Å². The SMILES string of the molecule is C1=CCCC2OC2CC/C=C\CC1. The van der Waals surface area contributed by atoms with Gasteiger partial charge in [0, 0.05) is 0 Å². The second-order valence-corrected chi connectivity index (χ2v) is 3.89. The van der Waals surface area contributed by atoms with Gasteiger partial charge in [0.25, 0.3) is 0 Å². The summed E-state index contributed by atoms with van der Waals surface area (Å²) >= 11 is 0. The van der Waals surface area contributed by atoms with Gasteiger partial charge in [-0.15, -0.1) is 0 Å². The molecule has 1 aliphatic carbocycles. The fourth-order valence-corrected chi connectivity index (χ4v) is 1.87. The van der Waals surface area contributed by atoms with Crippen molar-refractivity contribution in [2.75, 3.05) is 0 Å². The highest BCUT2D eigenvalue weighted by Gasteiger charge is 2.36.